The highest BCUT2D eigenvalue weighted by Crippen LogP contribution is 2.22. The summed E-state index contributed by atoms with van der Waals surface area (Å²) in [4.78, 5) is 10.6. The number of aromatic nitrogens is 1. The first-order valence-corrected chi connectivity index (χ1v) is 7.84. The lowest BCUT2D eigenvalue weighted by Gasteiger charge is -2.18. The van der Waals surface area contributed by atoms with Gasteiger partial charge in [0, 0.05) is 12.1 Å². The third-order valence-corrected chi connectivity index (χ3v) is 3.75. The highest BCUT2D eigenvalue weighted by atomic mass is 35.5. The van der Waals surface area contributed by atoms with Crippen molar-refractivity contribution in [3.05, 3.63) is 65.5 Å². The zero-order valence-corrected chi connectivity index (χ0v) is 15.1. The molecule has 1 N–H and O–H groups in total. The molecule has 0 amide bonds. The van der Waals surface area contributed by atoms with Crippen LogP contribution < -0.4 is 17.0 Å². The van der Waals surface area contributed by atoms with Gasteiger partial charge in [-0.1, -0.05) is 57.2 Å². The van der Waals surface area contributed by atoms with Gasteiger partial charge in [-0.05, 0) is 22.1 Å². The molecule has 0 radical (unpaired) electrons. The molecule has 1 aromatic heterocycles. The molecule has 0 fully saturated rings. The molecule has 1 heterocycles. The molecule has 0 atom stereocenters. The molecule has 0 unspecified atom stereocenters. The Morgan fingerprint density at radius 1 is 1.00 bits per heavy atom. The number of carbonyl (C=O) groups is 1. The SMILES string of the molecule is CC(C)(C)c1ccc(/C=C\c2cc[n+](CCC(=O)O)cc2)cc1.[Cl-]. The second-order valence-corrected chi connectivity index (χ2v) is 6.72. The monoisotopic (exact) mass is 345 g/mol. The molecule has 24 heavy (non-hydrogen) atoms. The molecule has 0 saturated carbocycles. The topological polar surface area (TPSA) is 41.2 Å². The van der Waals surface area contributed by atoms with Crippen molar-refractivity contribution in [2.24, 2.45) is 0 Å². The van der Waals surface area contributed by atoms with Gasteiger partial charge in [0.2, 0.25) is 0 Å². The summed E-state index contributed by atoms with van der Waals surface area (Å²) in [6.45, 7) is 7.12. The molecule has 1 aromatic carbocycles. The largest absolute Gasteiger partial charge is 1.00 e. The third kappa shape index (κ3) is 6.17. The fraction of sp³-hybridized carbons (Fsp3) is 0.300. The Morgan fingerprint density at radius 2 is 1.50 bits per heavy atom. The molecule has 3 nitrogen and oxygen atoms in total. The minimum atomic E-state index is -0.778. The Kier molecular flexibility index (Phi) is 7.18. The van der Waals surface area contributed by atoms with Crippen LogP contribution in [0.2, 0.25) is 0 Å². The lowest BCUT2D eigenvalue weighted by molar-refractivity contribution is -0.696. The van der Waals surface area contributed by atoms with Crippen molar-refractivity contribution in [2.75, 3.05) is 0 Å². The van der Waals surface area contributed by atoms with E-state index in [1.807, 2.05) is 29.1 Å². The van der Waals surface area contributed by atoms with Crippen molar-refractivity contribution in [1.82, 2.24) is 0 Å². The van der Waals surface area contributed by atoms with E-state index in [4.69, 9.17) is 5.11 Å². The summed E-state index contributed by atoms with van der Waals surface area (Å²) >= 11 is 0. The first-order chi connectivity index (χ1) is 10.8. The molecular formula is C20H24ClNO2. The molecule has 0 bridgehead atoms. The van der Waals surface area contributed by atoms with E-state index in [1.165, 1.54) is 11.1 Å². The first-order valence-electron chi connectivity index (χ1n) is 7.84. The van der Waals surface area contributed by atoms with Crippen LogP contribution in [0.1, 0.15) is 43.9 Å². The predicted molar refractivity (Wildman–Crippen MR) is 93.0 cm³/mol. The summed E-state index contributed by atoms with van der Waals surface area (Å²) in [5.41, 5.74) is 3.76. The highest BCUT2D eigenvalue weighted by molar-refractivity contribution is 5.69. The van der Waals surface area contributed by atoms with Gasteiger partial charge in [-0.3, -0.25) is 4.79 Å². The van der Waals surface area contributed by atoms with Crippen molar-refractivity contribution in [3.63, 3.8) is 0 Å². The van der Waals surface area contributed by atoms with E-state index in [-0.39, 0.29) is 24.2 Å². The lowest BCUT2D eigenvalue weighted by Crippen LogP contribution is -3.00. The number of carboxylic acids is 1. The van der Waals surface area contributed by atoms with Crippen molar-refractivity contribution >= 4 is 18.1 Å². The van der Waals surface area contributed by atoms with Crippen LogP contribution in [0, 0.1) is 0 Å². The summed E-state index contributed by atoms with van der Waals surface area (Å²) in [6.07, 6.45) is 8.10. The molecular weight excluding hydrogens is 322 g/mol. The van der Waals surface area contributed by atoms with Crippen LogP contribution in [-0.2, 0) is 16.8 Å². The molecule has 2 aromatic rings. The zero-order chi connectivity index (χ0) is 16.9. The van der Waals surface area contributed by atoms with Crippen molar-refractivity contribution in [1.29, 1.82) is 0 Å². The number of rotatable bonds is 5. The Morgan fingerprint density at radius 3 is 1.96 bits per heavy atom. The summed E-state index contributed by atoms with van der Waals surface area (Å²) in [7, 11) is 0. The number of hydrogen-bond acceptors (Lipinski definition) is 1. The molecule has 128 valence electrons. The van der Waals surface area contributed by atoms with E-state index in [9.17, 15) is 4.79 Å². The van der Waals surface area contributed by atoms with Gasteiger partial charge in [-0.15, -0.1) is 0 Å². The summed E-state index contributed by atoms with van der Waals surface area (Å²) in [5, 5.41) is 8.68. The van der Waals surface area contributed by atoms with Crippen molar-refractivity contribution in [2.45, 2.75) is 39.2 Å². The number of aryl methyl sites for hydroxylation is 1. The van der Waals surface area contributed by atoms with Crippen molar-refractivity contribution in [3.8, 4) is 0 Å². The lowest BCUT2D eigenvalue weighted by atomic mass is 9.87. The van der Waals surface area contributed by atoms with Crippen LogP contribution in [0.4, 0.5) is 0 Å². The molecule has 4 heteroatoms. The van der Waals surface area contributed by atoms with E-state index in [1.54, 1.807) is 0 Å². The van der Waals surface area contributed by atoms with Gasteiger partial charge in [-0.2, -0.15) is 0 Å². The minimum Gasteiger partial charge on any atom is -1.00 e. The van der Waals surface area contributed by atoms with E-state index in [0.717, 1.165) is 5.56 Å². The smallest absolute Gasteiger partial charge is 0.309 e. The maximum Gasteiger partial charge on any atom is 0.309 e. The molecule has 0 saturated heterocycles. The Labute approximate surface area is 150 Å². The van der Waals surface area contributed by atoms with Crippen molar-refractivity contribution < 1.29 is 26.9 Å². The van der Waals surface area contributed by atoms with E-state index in [0.29, 0.717) is 6.54 Å². The minimum absolute atomic E-state index is 0. The number of hydrogen-bond donors (Lipinski definition) is 1. The fourth-order valence-corrected chi connectivity index (χ4v) is 2.24. The van der Waals surface area contributed by atoms with Gasteiger partial charge in [0.25, 0.3) is 0 Å². The second-order valence-electron chi connectivity index (χ2n) is 6.72. The Balaban J connectivity index is 0.00000288. The van der Waals surface area contributed by atoms with Crippen LogP contribution in [-0.4, -0.2) is 11.1 Å². The molecule has 0 aliphatic carbocycles. The number of halogens is 1. The van der Waals surface area contributed by atoms with Gasteiger partial charge in [-0.25, -0.2) is 4.57 Å². The molecule has 0 aliphatic rings. The predicted octanol–water partition coefficient (Wildman–Crippen LogP) is 0.921. The van der Waals surface area contributed by atoms with Gasteiger partial charge < -0.3 is 17.5 Å². The summed E-state index contributed by atoms with van der Waals surface area (Å²) < 4.78 is 1.88. The molecule has 0 aliphatic heterocycles. The van der Waals surface area contributed by atoms with Gasteiger partial charge in [0.05, 0.1) is 0 Å². The second kappa shape index (κ2) is 8.65. The van der Waals surface area contributed by atoms with E-state index in [2.05, 4.69) is 57.2 Å². The Bertz CT molecular complexity index is 683. The van der Waals surface area contributed by atoms with Crippen LogP contribution in [0.3, 0.4) is 0 Å². The van der Waals surface area contributed by atoms with Gasteiger partial charge in [0.1, 0.15) is 6.42 Å². The average molecular weight is 346 g/mol. The summed E-state index contributed by atoms with van der Waals surface area (Å²) in [5.74, 6) is -0.778. The normalized spacial score (nSPS) is 11.3. The number of nitrogens with zero attached hydrogens (tertiary/aromatic N) is 1. The highest BCUT2D eigenvalue weighted by Gasteiger charge is 2.12. The third-order valence-electron chi connectivity index (χ3n) is 3.75. The van der Waals surface area contributed by atoms with Gasteiger partial charge >= 0.3 is 5.97 Å². The van der Waals surface area contributed by atoms with Crippen LogP contribution in [0.25, 0.3) is 12.2 Å². The fourth-order valence-electron chi connectivity index (χ4n) is 2.24. The number of pyridine rings is 1. The van der Waals surface area contributed by atoms with E-state index < -0.39 is 5.97 Å². The Hall–Kier alpha value is -2.13. The maximum atomic E-state index is 10.6. The van der Waals surface area contributed by atoms with Crippen LogP contribution in [0.5, 0.6) is 0 Å². The average Bonchev–Trinajstić information content (AvgIpc) is 2.51. The summed E-state index contributed by atoms with van der Waals surface area (Å²) in [6, 6.07) is 12.6. The molecule has 0 spiro atoms. The van der Waals surface area contributed by atoms with E-state index >= 15 is 0 Å². The quantitative estimate of drug-likeness (QED) is 0.819. The first kappa shape index (κ1) is 19.9. The zero-order valence-electron chi connectivity index (χ0n) is 14.4. The number of benzene rings is 1. The van der Waals surface area contributed by atoms with Crippen LogP contribution in [0.15, 0.2) is 48.8 Å². The molecule has 2 rings (SSSR count). The maximum absolute atomic E-state index is 10.6. The van der Waals surface area contributed by atoms with Gasteiger partial charge in [0.15, 0.2) is 18.9 Å². The van der Waals surface area contributed by atoms with Crippen LogP contribution >= 0.6 is 0 Å². The standard InChI is InChI=1S/C20H23NO2.ClH/c1-20(2,3)18-8-6-16(7-9-18)4-5-17-10-13-21(14-11-17)15-12-19(22)23;/h4-11,13-14H,12,15H2,1-3H3;1H/b5-4-;. The number of carboxylic acid groups (broad SMARTS) is 1. The number of aliphatic carboxylic acids is 1.